The van der Waals surface area contributed by atoms with Gasteiger partial charge in [0.1, 0.15) is 11.9 Å². The lowest BCUT2D eigenvalue weighted by Gasteiger charge is -2.56. The van der Waals surface area contributed by atoms with Gasteiger partial charge in [-0.2, -0.15) is 0 Å². The van der Waals surface area contributed by atoms with Gasteiger partial charge in [-0.25, -0.2) is 17.9 Å². The Morgan fingerprint density at radius 2 is 1.74 bits per heavy atom. The number of H-pyrrole nitrogens is 1. The fourth-order valence-electron chi connectivity index (χ4n) is 8.75. The van der Waals surface area contributed by atoms with Gasteiger partial charge < -0.3 is 14.6 Å². The van der Waals surface area contributed by atoms with Crippen molar-refractivity contribution >= 4 is 44.4 Å². The number of aromatic nitrogens is 1. The summed E-state index contributed by atoms with van der Waals surface area (Å²) < 4.78 is 36.0. The molecule has 2 heterocycles. The largest absolute Gasteiger partial charge is 0.467 e. The van der Waals surface area contributed by atoms with Gasteiger partial charge in [-0.1, -0.05) is 43.2 Å². The van der Waals surface area contributed by atoms with Crippen LogP contribution in [0.1, 0.15) is 67.8 Å². The van der Waals surface area contributed by atoms with Crippen molar-refractivity contribution in [1.29, 1.82) is 0 Å². The van der Waals surface area contributed by atoms with Crippen molar-refractivity contribution in [1.82, 2.24) is 14.6 Å². The Labute approximate surface area is 251 Å². The number of sulfonamides is 1. The fraction of sp³-hybridized carbons (Fsp3) is 0.500. The molecule has 4 aliphatic rings. The van der Waals surface area contributed by atoms with Gasteiger partial charge in [0.15, 0.2) is 0 Å². The highest BCUT2D eigenvalue weighted by Crippen LogP contribution is 2.55. The Morgan fingerprint density at radius 3 is 2.40 bits per heavy atom. The van der Waals surface area contributed by atoms with Gasteiger partial charge in [0.2, 0.25) is 15.9 Å². The molecule has 7 rings (SSSR count). The van der Waals surface area contributed by atoms with Crippen LogP contribution < -0.4 is 4.72 Å². The Morgan fingerprint density at radius 1 is 1.05 bits per heavy atom. The number of amides is 1. The molecule has 3 aromatic rings. The van der Waals surface area contributed by atoms with E-state index in [0.717, 1.165) is 47.8 Å². The van der Waals surface area contributed by atoms with Crippen LogP contribution in [0.3, 0.4) is 0 Å². The number of para-hydroxylation sites is 1. The van der Waals surface area contributed by atoms with Crippen LogP contribution in [0, 0.1) is 17.8 Å². The third-order valence-electron chi connectivity index (χ3n) is 10.5. The standard InChI is InChI=1S/C32H36ClN3O5S/c1-41-31(38)27-15-25-24-4-2-3-5-26(24)34-29(25)30(36(27)28(37)18-33)21-8-12-23(13-9-21)42(39,40)35-32-16-19-6-10-22(32)11-7-20(14-19)17-32/h2-5,8-9,12-13,19-20,22,27,30,34-35H,6-7,10-11,14-18H2,1H3/t19-,20+,22?,27-,30+,32?/m1/s1. The summed E-state index contributed by atoms with van der Waals surface area (Å²) in [4.78, 5) is 31.4. The number of carbonyl (C=O) groups is 2. The lowest BCUT2D eigenvalue weighted by atomic mass is 9.54. The van der Waals surface area contributed by atoms with Crippen LogP contribution in [0.5, 0.6) is 0 Å². The number of rotatable bonds is 6. The van der Waals surface area contributed by atoms with E-state index in [-0.39, 0.29) is 22.7 Å². The average Bonchev–Trinajstić information content (AvgIpc) is 3.36. The maximum Gasteiger partial charge on any atom is 0.328 e. The van der Waals surface area contributed by atoms with Gasteiger partial charge in [0.05, 0.1) is 18.0 Å². The van der Waals surface area contributed by atoms with E-state index < -0.39 is 34.0 Å². The molecule has 2 N–H and O–H groups in total. The number of fused-ring (bicyclic) bond motifs is 5. The second-order valence-electron chi connectivity index (χ2n) is 12.7. The van der Waals surface area contributed by atoms with E-state index in [0.29, 0.717) is 23.3 Å². The fourth-order valence-corrected chi connectivity index (χ4v) is 10.4. The molecule has 10 heteroatoms. The Bertz CT molecular complexity index is 1640. The van der Waals surface area contributed by atoms with E-state index in [2.05, 4.69) is 9.71 Å². The molecule has 2 unspecified atom stereocenters. The normalized spacial score (nSPS) is 30.2. The van der Waals surface area contributed by atoms with Crippen LogP contribution in [-0.2, 0) is 30.8 Å². The second kappa shape index (κ2) is 10.4. The molecule has 1 aliphatic heterocycles. The van der Waals surface area contributed by atoms with E-state index in [1.54, 1.807) is 24.3 Å². The van der Waals surface area contributed by atoms with Gasteiger partial charge in [0, 0.05) is 28.6 Å². The van der Waals surface area contributed by atoms with Gasteiger partial charge in [-0.3, -0.25) is 4.79 Å². The highest BCUT2D eigenvalue weighted by Gasteiger charge is 2.53. The van der Waals surface area contributed by atoms with Crippen LogP contribution in [0.25, 0.3) is 10.9 Å². The molecule has 222 valence electrons. The summed E-state index contributed by atoms with van der Waals surface area (Å²) in [6, 6.07) is 13.0. The lowest BCUT2D eigenvalue weighted by molar-refractivity contribution is -0.154. The van der Waals surface area contributed by atoms with Crippen molar-refractivity contribution < 1.29 is 22.7 Å². The maximum atomic E-state index is 13.8. The molecule has 3 saturated carbocycles. The van der Waals surface area contributed by atoms with Crippen LogP contribution in [-0.4, -0.2) is 54.7 Å². The zero-order valence-corrected chi connectivity index (χ0v) is 25.2. The molecule has 6 atom stereocenters. The van der Waals surface area contributed by atoms with E-state index in [1.165, 1.54) is 31.3 Å². The third kappa shape index (κ3) is 4.47. The van der Waals surface area contributed by atoms with Crippen molar-refractivity contribution in [3.8, 4) is 0 Å². The molecule has 0 saturated heterocycles. The first-order valence-electron chi connectivity index (χ1n) is 14.9. The van der Waals surface area contributed by atoms with Crippen molar-refractivity contribution in [3.63, 3.8) is 0 Å². The second-order valence-corrected chi connectivity index (χ2v) is 14.7. The molecule has 3 aliphatic carbocycles. The van der Waals surface area contributed by atoms with Gasteiger partial charge in [0.25, 0.3) is 0 Å². The molecule has 0 radical (unpaired) electrons. The van der Waals surface area contributed by atoms with E-state index in [4.69, 9.17) is 16.3 Å². The van der Waals surface area contributed by atoms with E-state index in [9.17, 15) is 18.0 Å². The number of aromatic amines is 1. The lowest BCUT2D eigenvalue weighted by Crippen LogP contribution is -2.61. The highest BCUT2D eigenvalue weighted by molar-refractivity contribution is 7.89. The molecule has 1 aromatic heterocycles. The molecule has 42 heavy (non-hydrogen) atoms. The topological polar surface area (TPSA) is 109 Å². The number of hydrogen-bond acceptors (Lipinski definition) is 5. The minimum atomic E-state index is -3.77. The smallest absolute Gasteiger partial charge is 0.328 e. The molecule has 1 amide bonds. The number of alkyl halides is 1. The van der Waals surface area contributed by atoms with Crippen molar-refractivity contribution in [2.45, 2.75) is 73.9 Å². The summed E-state index contributed by atoms with van der Waals surface area (Å²) in [6.07, 6.45) is 7.99. The average molecular weight is 610 g/mol. The molecule has 2 aromatic carbocycles. The minimum absolute atomic E-state index is 0.205. The summed E-state index contributed by atoms with van der Waals surface area (Å²) in [5.74, 6) is 0.377. The van der Waals surface area contributed by atoms with Crippen molar-refractivity contribution in [2.24, 2.45) is 17.8 Å². The zero-order chi connectivity index (χ0) is 29.2. The van der Waals surface area contributed by atoms with Crippen LogP contribution in [0.4, 0.5) is 0 Å². The van der Waals surface area contributed by atoms with Gasteiger partial charge >= 0.3 is 5.97 Å². The first-order valence-corrected chi connectivity index (χ1v) is 16.9. The van der Waals surface area contributed by atoms with Gasteiger partial charge in [-0.05, 0) is 79.2 Å². The summed E-state index contributed by atoms with van der Waals surface area (Å²) in [5, 5.41) is 0.972. The molecular weight excluding hydrogens is 574 g/mol. The van der Waals surface area contributed by atoms with E-state index >= 15 is 0 Å². The number of halogens is 1. The first kappa shape index (κ1) is 27.9. The number of benzene rings is 2. The van der Waals surface area contributed by atoms with Crippen LogP contribution in [0.2, 0.25) is 0 Å². The predicted octanol–water partition coefficient (Wildman–Crippen LogP) is 5.06. The predicted molar refractivity (Wildman–Crippen MR) is 159 cm³/mol. The molecule has 8 nitrogen and oxygen atoms in total. The third-order valence-corrected chi connectivity index (χ3v) is 12.2. The minimum Gasteiger partial charge on any atom is -0.467 e. The quantitative estimate of drug-likeness (QED) is 0.300. The Kier molecular flexibility index (Phi) is 6.90. The summed E-state index contributed by atoms with van der Waals surface area (Å²) in [5.41, 5.74) is 2.95. The molecule has 3 bridgehead atoms. The van der Waals surface area contributed by atoms with Crippen molar-refractivity contribution in [2.75, 3.05) is 13.0 Å². The van der Waals surface area contributed by atoms with Crippen molar-refractivity contribution in [3.05, 3.63) is 65.4 Å². The number of methoxy groups -OCH3 is 1. The summed E-state index contributed by atoms with van der Waals surface area (Å²) in [7, 11) is -2.46. The first-order chi connectivity index (χ1) is 20.2. The number of nitrogens with zero attached hydrogens (tertiary/aromatic N) is 1. The molecule has 3 fully saturated rings. The summed E-state index contributed by atoms with van der Waals surface area (Å²) >= 11 is 6.06. The van der Waals surface area contributed by atoms with E-state index in [1.807, 2.05) is 24.3 Å². The number of hydrogen-bond donors (Lipinski definition) is 2. The van der Waals surface area contributed by atoms with Gasteiger partial charge in [-0.15, -0.1) is 11.6 Å². The number of ether oxygens (including phenoxy) is 1. The molecular formula is C32H36ClN3O5S. The Hall–Kier alpha value is -2.88. The van der Waals surface area contributed by atoms with Crippen LogP contribution >= 0.6 is 11.6 Å². The summed E-state index contributed by atoms with van der Waals surface area (Å²) in [6.45, 7) is 0. The zero-order valence-electron chi connectivity index (χ0n) is 23.6. The number of nitrogens with one attached hydrogen (secondary N) is 2. The SMILES string of the molecule is COC(=O)[C@H]1Cc2c([nH]c3ccccc23)[C@H](c2ccc(S(=O)(=O)NC34C[C@@H]5CCC3CC[C@@H](C5)C4)cc2)N1C(=O)CCl. The number of esters is 1. The molecule has 0 spiro atoms. The Balaban J connectivity index is 1.26. The van der Waals surface area contributed by atoms with Crippen LogP contribution in [0.15, 0.2) is 53.4 Å². The monoisotopic (exact) mass is 609 g/mol. The number of carbonyl (C=O) groups excluding carboxylic acids is 2. The maximum absolute atomic E-state index is 13.8. The highest BCUT2D eigenvalue weighted by atomic mass is 35.5.